The molecule has 11 heteroatoms. The minimum Gasteiger partial charge on any atom is -0.404 e. The molecule has 160 valence electrons. The molecule has 0 atom stereocenters. The van der Waals surface area contributed by atoms with Crippen LogP contribution in [0.15, 0.2) is 42.6 Å². The SMILES string of the molecule is N=C/C(=C\N)C(=O)NCCCCNc1ncnc(N)c1C(=N)c1cnc2[nH]ccc2c1. The number of nitrogens with one attached hydrogen (secondary N) is 5. The number of H-pyrrole nitrogens is 1. The summed E-state index contributed by atoms with van der Waals surface area (Å²) in [5, 5.41) is 22.5. The van der Waals surface area contributed by atoms with Gasteiger partial charge in [0, 0.05) is 48.8 Å². The normalized spacial score (nSPS) is 11.3. The summed E-state index contributed by atoms with van der Waals surface area (Å²) < 4.78 is 0. The van der Waals surface area contributed by atoms with E-state index in [2.05, 4.69) is 30.6 Å². The maximum Gasteiger partial charge on any atom is 0.254 e. The summed E-state index contributed by atoms with van der Waals surface area (Å²) in [5.41, 5.74) is 13.4. The van der Waals surface area contributed by atoms with Crippen molar-refractivity contribution < 1.29 is 4.79 Å². The van der Waals surface area contributed by atoms with Gasteiger partial charge in [-0.3, -0.25) is 10.2 Å². The highest BCUT2D eigenvalue weighted by Gasteiger charge is 2.17. The second kappa shape index (κ2) is 9.96. The largest absolute Gasteiger partial charge is 0.404 e. The number of aromatic amines is 1. The molecule has 11 nitrogen and oxygen atoms in total. The van der Waals surface area contributed by atoms with Crippen LogP contribution in [0.5, 0.6) is 0 Å². The van der Waals surface area contributed by atoms with Crippen molar-refractivity contribution in [2.45, 2.75) is 12.8 Å². The number of pyridine rings is 1. The molecule has 31 heavy (non-hydrogen) atoms. The van der Waals surface area contributed by atoms with Crippen LogP contribution in [0, 0.1) is 10.8 Å². The molecule has 0 aliphatic rings. The fraction of sp³-hybridized carbons (Fsp3) is 0.200. The fourth-order valence-corrected chi connectivity index (χ4v) is 2.95. The molecule has 3 rings (SSSR count). The highest BCUT2D eigenvalue weighted by Crippen LogP contribution is 2.22. The molecule has 0 aliphatic heterocycles. The Morgan fingerprint density at radius 2 is 2.03 bits per heavy atom. The topological polar surface area (TPSA) is 195 Å². The van der Waals surface area contributed by atoms with Gasteiger partial charge < -0.3 is 32.5 Å². The van der Waals surface area contributed by atoms with Gasteiger partial charge in [-0.1, -0.05) is 0 Å². The molecule has 3 aromatic heterocycles. The molecule has 0 unspecified atom stereocenters. The van der Waals surface area contributed by atoms with E-state index in [1.165, 1.54) is 6.33 Å². The Morgan fingerprint density at radius 3 is 2.81 bits per heavy atom. The minimum absolute atomic E-state index is 0.116. The lowest BCUT2D eigenvalue weighted by molar-refractivity contribution is -0.116. The van der Waals surface area contributed by atoms with Gasteiger partial charge in [-0.2, -0.15) is 0 Å². The predicted octanol–water partition coefficient (Wildman–Crippen LogP) is 1.15. The number of nitrogen functional groups attached to an aromatic ring is 1. The summed E-state index contributed by atoms with van der Waals surface area (Å²) in [7, 11) is 0. The van der Waals surface area contributed by atoms with Crippen LogP contribution in [-0.4, -0.2) is 50.9 Å². The van der Waals surface area contributed by atoms with Gasteiger partial charge in [0.25, 0.3) is 5.91 Å². The van der Waals surface area contributed by atoms with E-state index in [9.17, 15) is 4.79 Å². The van der Waals surface area contributed by atoms with Crippen molar-refractivity contribution in [3.05, 3.63) is 53.8 Å². The van der Waals surface area contributed by atoms with Crippen LogP contribution in [0.2, 0.25) is 0 Å². The molecule has 0 saturated carbocycles. The van der Waals surface area contributed by atoms with Crippen LogP contribution in [0.4, 0.5) is 11.6 Å². The van der Waals surface area contributed by atoms with Crippen LogP contribution in [-0.2, 0) is 4.79 Å². The van der Waals surface area contributed by atoms with Crippen molar-refractivity contribution in [2.24, 2.45) is 5.73 Å². The number of fused-ring (bicyclic) bond motifs is 1. The molecule has 0 aliphatic carbocycles. The number of nitrogens with two attached hydrogens (primary N) is 2. The van der Waals surface area contributed by atoms with Crippen molar-refractivity contribution in [2.75, 3.05) is 24.1 Å². The molecule has 1 amide bonds. The van der Waals surface area contributed by atoms with E-state index in [1.807, 2.05) is 12.1 Å². The van der Waals surface area contributed by atoms with E-state index in [-0.39, 0.29) is 23.0 Å². The molecular weight excluding hydrogens is 396 g/mol. The maximum absolute atomic E-state index is 11.7. The Hall–Kier alpha value is -4.28. The quantitative estimate of drug-likeness (QED) is 0.145. The zero-order chi connectivity index (χ0) is 22.2. The van der Waals surface area contributed by atoms with E-state index in [4.69, 9.17) is 22.3 Å². The number of hydrogen-bond donors (Lipinski definition) is 7. The first-order valence-electron chi connectivity index (χ1n) is 9.62. The van der Waals surface area contributed by atoms with Crippen molar-refractivity contribution in [1.82, 2.24) is 25.3 Å². The molecule has 0 saturated heterocycles. The van der Waals surface area contributed by atoms with E-state index < -0.39 is 0 Å². The van der Waals surface area contributed by atoms with Crippen LogP contribution < -0.4 is 22.1 Å². The monoisotopic (exact) mass is 420 g/mol. The Kier molecular flexibility index (Phi) is 6.89. The first-order valence-corrected chi connectivity index (χ1v) is 9.62. The summed E-state index contributed by atoms with van der Waals surface area (Å²) in [6, 6.07) is 3.74. The van der Waals surface area contributed by atoms with Crippen molar-refractivity contribution in [3.8, 4) is 0 Å². The zero-order valence-electron chi connectivity index (χ0n) is 16.8. The van der Waals surface area contributed by atoms with Crippen LogP contribution in [0.25, 0.3) is 11.0 Å². The van der Waals surface area contributed by atoms with Crippen molar-refractivity contribution in [1.29, 1.82) is 10.8 Å². The van der Waals surface area contributed by atoms with E-state index >= 15 is 0 Å². The molecule has 3 heterocycles. The fourth-order valence-electron chi connectivity index (χ4n) is 2.95. The summed E-state index contributed by atoms with van der Waals surface area (Å²) >= 11 is 0. The van der Waals surface area contributed by atoms with Gasteiger partial charge >= 0.3 is 0 Å². The number of carbonyl (C=O) groups is 1. The summed E-state index contributed by atoms with van der Waals surface area (Å²) in [6.07, 6.45) is 8.20. The third-order valence-corrected chi connectivity index (χ3v) is 4.59. The highest BCUT2D eigenvalue weighted by molar-refractivity contribution is 6.16. The molecule has 0 radical (unpaired) electrons. The Bertz CT molecular complexity index is 1130. The Labute approximate surface area is 178 Å². The average Bonchev–Trinajstić information content (AvgIpc) is 3.24. The number of amides is 1. The van der Waals surface area contributed by atoms with Crippen molar-refractivity contribution >= 4 is 40.5 Å². The Balaban J connectivity index is 1.60. The Morgan fingerprint density at radius 1 is 1.23 bits per heavy atom. The second-order valence-electron chi connectivity index (χ2n) is 6.65. The van der Waals surface area contributed by atoms with Crippen molar-refractivity contribution in [3.63, 3.8) is 0 Å². The molecule has 0 spiro atoms. The molecule has 0 aromatic carbocycles. The predicted molar refractivity (Wildman–Crippen MR) is 120 cm³/mol. The average molecular weight is 420 g/mol. The number of aromatic nitrogens is 4. The molecule has 0 bridgehead atoms. The summed E-state index contributed by atoms with van der Waals surface area (Å²) in [5.74, 6) is 0.294. The molecule has 3 aromatic rings. The lowest BCUT2D eigenvalue weighted by Crippen LogP contribution is -2.27. The van der Waals surface area contributed by atoms with Crippen LogP contribution >= 0.6 is 0 Å². The van der Waals surface area contributed by atoms with E-state index in [1.54, 1.807) is 12.4 Å². The zero-order valence-corrected chi connectivity index (χ0v) is 16.8. The highest BCUT2D eigenvalue weighted by atomic mass is 16.1. The first-order chi connectivity index (χ1) is 15.0. The minimum atomic E-state index is -0.377. The number of unbranched alkanes of at least 4 members (excludes halogenated alkanes) is 1. The van der Waals surface area contributed by atoms with Gasteiger partial charge in [0.1, 0.15) is 23.6 Å². The van der Waals surface area contributed by atoms with Gasteiger partial charge in [-0.25, -0.2) is 15.0 Å². The van der Waals surface area contributed by atoms with Crippen LogP contribution in [0.3, 0.4) is 0 Å². The standard InChI is InChI=1S/C20H24N10O/c21-8-14(9-22)20(31)27-5-2-1-4-25-19-15(17(24)29-11-30-19)16(23)13-7-12-3-6-26-18(12)28-10-13/h3,6-11,21,23H,1-2,4-5,22H2,(H,26,28)(H,27,31)(H3,24,25,29,30)/b14-9+,21-8?,23-16?. The molecule has 9 N–H and O–H groups in total. The lowest BCUT2D eigenvalue weighted by atomic mass is 10.0. The number of rotatable bonds is 10. The van der Waals surface area contributed by atoms with Gasteiger partial charge in [-0.15, -0.1) is 0 Å². The summed E-state index contributed by atoms with van der Waals surface area (Å²) in [4.78, 5) is 27.3. The number of carbonyl (C=O) groups excluding carboxylic acids is 1. The molecule has 0 fully saturated rings. The first kappa shape index (κ1) is 21.4. The number of hydrogen-bond acceptors (Lipinski definition) is 9. The van der Waals surface area contributed by atoms with E-state index in [0.717, 1.165) is 29.9 Å². The third kappa shape index (κ3) is 5.01. The number of nitrogens with zero attached hydrogens (tertiary/aromatic N) is 3. The smallest absolute Gasteiger partial charge is 0.254 e. The lowest BCUT2D eigenvalue weighted by Gasteiger charge is -2.13. The third-order valence-electron chi connectivity index (χ3n) is 4.59. The van der Waals surface area contributed by atoms with Gasteiger partial charge in [-0.05, 0) is 25.0 Å². The van der Waals surface area contributed by atoms with Gasteiger partial charge in [0.05, 0.1) is 16.8 Å². The molecular formula is C20H24N10O. The summed E-state index contributed by atoms with van der Waals surface area (Å²) in [6.45, 7) is 1.01. The van der Waals surface area contributed by atoms with Crippen LogP contribution in [0.1, 0.15) is 24.0 Å². The van der Waals surface area contributed by atoms with E-state index in [0.29, 0.717) is 36.5 Å². The van der Waals surface area contributed by atoms with Gasteiger partial charge in [0.2, 0.25) is 0 Å². The van der Waals surface area contributed by atoms with Gasteiger partial charge in [0.15, 0.2) is 0 Å². The maximum atomic E-state index is 11.7. The second-order valence-corrected chi connectivity index (χ2v) is 6.65. The number of anilines is 2.